The van der Waals surface area contributed by atoms with E-state index in [2.05, 4.69) is 0 Å². The summed E-state index contributed by atoms with van der Waals surface area (Å²) in [5.41, 5.74) is 0. The highest BCUT2D eigenvalue weighted by Crippen LogP contribution is 2.08. The van der Waals surface area contributed by atoms with E-state index in [1.165, 1.54) is 0 Å². The van der Waals surface area contributed by atoms with Crippen LogP contribution in [-0.4, -0.2) is 42.2 Å². The van der Waals surface area contributed by atoms with Crippen molar-refractivity contribution < 1.29 is 14.6 Å². The molecule has 0 amide bonds. The topological polar surface area (TPSA) is 49.8 Å². The molecule has 0 aliphatic heterocycles. The van der Waals surface area contributed by atoms with Crippen LogP contribution in [0.4, 0.5) is 0 Å². The molecule has 0 aliphatic carbocycles. The van der Waals surface area contributed by atoms with Crippen LogP contribution in [0, 0.1) is 0 Å². The minimum atomic E-state index is -0.817. The van der Waals surface area contributed by atoms with E-state index in [0.29, 0.717) is 13.2 Å². The summed E-state index contributed by atoms with van der Waals surface area (Å²) in [6.07, 6.45) is 0. The van der Waals surface area contributed by atoms with E-state index in [1.807, 2.05) is 30.3 Å². The van der Waals surface area contributed by atoms with E-state index in [-0.39, 0.29) is 0 Å². The molecule has 0 radical (unpaired) electrons. The molecular formula is C12H17NO3. The maximum absolute atomic E-state index is 10.7. The first-order valence-corrected chi connectivity index (χ1v) is 5.22. The van der Waals surface area contributed by atoms with E-state index in [1.54, 1.807) is 18.9 Å². The van der Waals surface area contributed by atoms with Gasteiger partial charge in [0.15, 0.2) is 0 Å². The summed E-state index contributed by atoms with van der Waals surface area (Å²) in [4.78, 5) is 12.4. The van der Waals surface area contributed by atoms with Gasteiger partial charge in [-0.1, -0.05) is 18.2 Å². The Bertz CT molecular complexity index is 326. The van der Waals surface area contributed by atoms with Crippen LogP contribution in [-0.2, 0) is 4.79 Å². The van der Waals surface area contributed by atoms with Crippen molar-refractivity contribution in [1.82, 2.24) is 4.90 Å². The van der Waals surface area contributed by atoms with Crippen molar-refractivity contribution >= 4 is 5.97 Å². The van der Waals surface area contributed by atoms with Crippen molar-refractivity contribution in [2.75, 3.05) is 20.2 Å². The predicted octanol–water partition coefficient (Wildman–Crippen LogP) is 1.47. The van der Waals surface area contributed by atoms with Crippen LogP contribution in [0.2, 0.25) is 0 Å². The number of benzene rings is 1. The third-order valence-electron chi connectivity index (χ3n) is 2.47. The Morgan fingerprint density at radius 3 is 2.62 bits per heavy atom. The SMILES string of the molecule is CC(C(=O)O)N(C)CCOc1ccccc1. The third kappa shape index (κ3) is 3.90. The minimum absolute atomic E-state index is 0.484. The Morgan fingerprint density at radius 2 is 2.06 bits per heavy atom. The largest absolute Gasteiger partial charge is 0.492 e. The molecule has 1 atom stereocenters. The van der Waals surface area contributed by atoms with Gasteiger partial charge in [0.2, 0.25) is 0 Å². The van der Waals surface area contributed by atoms with Gasteiger partial charge in [0.05, 0.1) is 0 Å². The highest BCUT2D eigenvalue weighted by Gasteiger charge is 2.15. The maximum atomic E-state index is 10.7. The zero-order valence-electron chi connectivity index (χ0n) is 9.59. The van der Waals surface area contributed by atoms with Crippen molar-refractivity contribution in [3.8, 4) is 5.75 Å². The van der Waals surface area contributed by atoms with E-state index >= 15 is 0 Å². The molecule has 0 aromatic heterocycles. The number of nitrogens with zero attached hydrogens (tertiary/aromatic N) is 1. The van der Waals surface area contributed by atoms with Crippen LogP contribution >= 0.6 is 0 Å². The number of para-hydroxylation sites is 1. The monoisotopic (exact) mass is 223 g/mol. The van der Waals surface area contributed by atoms with E-state index < -0.39 is 12.0 Å². The molecule has 0 aliphatic rings. The Morgan fingerprint density at radius 1 is 1.44 bits per heavy atom. The van der Waals surface area contributed by atoms with Gasteiger partial charge in [0.25, 0.3) is 0 Å². The highest BCUT2D eigenvalue weighted by atomic mass is 16.5. The van der Waals surface area contributed by atoms with Crippen LogP contribution in [0.5, 0.6) is 5.75 Å². The second kappa shape index (κ2) is 6.12. The van der Waals surface area contributed by atoms with Gasteiger partial charge < -0.3 is 9.84 Å². The molecule has 16 heavy (non-hydrogen) atoms. The predicted molar refractivity (Wildman–Crippen MR) is 61.7 cm³/mol. The first kappa shape index (κ1) is 12.5. The zero-order chi connectivity index (χ0) is 12.0. The molecule has 0 fully saturated rings. The summed E-state index contributed by atoms with van der Waals surface area (Å²) < 4.78 is 5.47. The number of aliphatic carboxylic acids is 1. The van der Waals surface area contributed by atoms with Gasteiger partial charge in [0, 0.05) is 6.54 Å². The summed E-state index contributed by atoms with van der Waals surface area (Å²) in [6.45, 7) is 2.73. The maximum Gasteiger partial charge on any atom is 0.320 e. The molecule has 1 aromatic rings. The van der Waals surface area contributed by atoms with Crippen LogP contribution in [0.25, 0.3) is 0 Å². The van der Waals surface area contributed by atoms with Gasteiger partial charge in [-0.25, -0.2) is 0 Å². The molecule has 1 N–H and O–H groups in total. The summed E-state index contributed by atoms with van der Waals surface area (Å²) >= 11 is 0. The average molecular weight is 223 g/mol. The van der Waals surface area contributed by atoms with Crippen molar-refractivity contribution in [2.24, 2.45) is 0 Å². The lowest BCUT2D eigenvalue weighted by atomic mass is 10.3. The lowest BCUT2D eigenvalue weighted by Gasteiger charge is -2.20. The van der Waals surface area contributed by atoms with Gasteiger partial charge in [-0.3, -0.25) is 9.69 Å². The van der Waals surface area contributed by atoms with E-state index in [9.17, 15) is 4.79 Å². The molecule has 88 valence electrons. The molecule has 4 nitrogen and oxygen atoms in total. The second-order valence-electron chi connectivity index (χ2n) is 3.66. The van der Waals surface area contributed by atoms with Gasteiger partial charge >= 0.3 is 5.97 Å². The van der Waals surface area contributed by atoms with Crippen LogP contribution in [0.3, 0.4) is 0 Å². The number of hydrogen-bond acceptors (Lipinski definition) is 3. The Hall–Kier alpha value is -1.55. The molecule has 0 bridgehead atoms. The number of hydrogen-bond donors (Lipinski definition) is 1. The number of ether oxygens (including phenoxy) is 1. The van der Waals surface area contributed by atoms with E-state index in [0.717, 1.165) is 5.75 Å². The van der Waals surface area contributed by atoms with Gasteiger partial charge in [-0.2, -0.15) is 0 Å². The zero-order valence-corrected chi connectivity index (χ0v) is 9.59. The van der Waals surface area contributed by atoms with Crippen LogP contribution in [0.15, 0.2) is 30.3 Å². The van der Waals surface area contributed by atoms with Crippen molar-refractivity contribution in [2.45, 2.75) is 13.0 Å². The highest BCUT2D eigenvalue weighted by molar-refractivity contribution is 5.72. The summed E-state index contributed by atoms with van der Waals surface area (Å²) in [5, 5.41) is 8.79. The molecule has 0 heterocycles. The van der Waals surface area contributed by atoms with Crippen LogP contribution < -0.4 is 4.74 Å². The molecular weight excluding hydrogens is 206 g/mol. The van der Waals surface area contributed by atoms with Crippen molar-refractivity contribution in [1.29, 1.82) is 0 Å². The molecule has 0 saturated carbocycles. The number of likely N-dealkylation sites (N-methyl/N-ethyl adjacent to an activating group) is 1. The number of rotatable bonds is 6. The third-order valence-corrected chi connectivity index (χ3v) is 2.47. The molecule has 0 spiro atoms. The number of carboxylic acids is 1. The molecule has 1 unspecified atom stereocenters. The quantitative estimate of drug-likeness (QED) is 0.793. The first-order chi connectivity index (χ1) is 7.61. The normalized spacial score (nSPS) is 12.4. The van der Waals surface area contributed by atoms with Gasteiger partial charge in [-0.05, 0) is 26.1 Å². The Kier molecular flexibility index (Phi) is 4.79. The summed E-state index contributed by atoms with van der Waals surface area (Å²) in [7, 11) is 1.77. The minimum Gasteiger partial charge on any atom is -0.492 e. The smallest absolute Gasteiger partial charge is 0.320 e. The first-order valence-electron chi connectivity index (χ1n) is 5.22. The molecule has 4 heteroatoms. The van der Waals surface area contributed by atoms with Crippen LogP contribution in [0.1, 0.15) is 6.92 Å². The van der Waals surface area contributed by atoms with Gasteiger partial charge in [0.1, 0.15) is 18.4 Å². The lowest BCUT2D eigenvalue weighted by molar-refractivity contribution is -0.142. The van der Waals surface area contributed by atoms with E-state index in [4.69, 9.17) is 9.84 Å². The fraction of sp³-hybridized carbons (Fsp3) is 0.417. The van der Waals surface area contributed by atoms with Gasteiger partial charge in [-0.15, -0.1) is 0 Å². The standard InChI is InChI=1S/C12H17NO3/c1-10(12(14)15)13(2)8-9-16-11-6-4-3-5-7-11/h3-7,10H,8-9H2,1-2H3,(H,14,15). The molecule has 1 rings (SSSR count). The summed E-state index contributed by atoms with van der Waals surface area (Å²) in [6, 6.07) is 8.99. The summed E-state index contributed by atoms with van der Waals surface area (Å²) in [5.74, 6) is -0.0129. The fourth-order valence-corrected chi connectivity index (χ4v) is 1.21. The number of carboxylic acid groups (broad SMARTS) is 1. The second-order valence-corrected chi connectivity index (χ2v) is 3.66. The van der Waals surface area contributed by atoms with Crippen molar-refractivity contribution in [3.05, 3.63) is 30.3 Å². The Labute approximate surface area is 95.5 Å². The number of carbonyl (C=O) groups is 1. The molecule has 1 aromatic carbocycles. The fourth-order valence-electron chi connectivity index (χ4n) is 1.21. The molecule has 0 saturated heterocycles. The average Bonchev–Trinajstić information content (AvgIpc) is 2.29. The lowest BCUT2D eigenvalue weighted by Crippen LogP contribution is -2.38. The van der Waals surface area contributed by atoms with Crippen molar-refractivity contribution in [3.63, 3.8) is 0 Å². The Balaban J connectivity index is 2.28.